The van der Waals surface area contributed by atoms with Gasteiger partial charge in [0.2, 0.25) is 5.91 Å². The molecule has 0 bridgehead atoms. The molecule has 1 aliphatic rings. The van der Waals surface area contributed by atoms with Crippen LogP contribution in [0.15, 0.2) is 36.9 Å². The second-order valence-electron chi connectivity index (χ2n) is 6.06. The predicted octanol–water partition coefficient (Wildman–Crippen LogP) is 2.00. The van der Waals surface area contributed by atoms with Crippen molar-refractivity contribution >= 4 is 17.5 Å². The van der Waals surface area contributed by atoms with E-state index in [1.807, 2.05) is 11.6 Å². The van der Waals surface area contributed by atoms with E-state index in [1.165, 1.54) is 11.0 Å². The number of nitrogens with one attached hydrogen (secondary N) is 1. The zero-order chi connectivity index (χ0) is 18.0. The van der Waals surface area contributed by atoms with Crippen LogP contribution in [-0.2, 0) is 11.3 Å². The van der Waals surface area contributed by atoms with Crippen molar-refractivity contribution < 1.29 is 9.59 Å². The summed E-state index contributed by atoms with van der Waals surface area (Å²) in [5.41, 5.74) is 1.24. The van der Waals surface area contributed by atoms with Gasteiger partial charge in [0.25, 0.3) is 5.91 Å². The van der Waals surface area contributed by atoms with Gasteiger partial charge in [-0.15, -0.1) is 0 Å². The van der Waals surface area contributed by atoms with Crippen molar-refractivity contribution in [1.29, 1.82) is 0 Å². The molecule has 0 radical (unpaired) electrons. The third kappa shape index (κ3) is 3.45. The molecule has 1 N–H and O–H groups in total. The van der Waals surface area contributed by atoms with E-state index in [-0.39, 0.29) is 17.9 Å². The van der Waals surface area contributed by atoms with Gasteiger partial charge in [0.1, 0.15) is 11.6 Å². The van der Waals surface area contributed by atoms with Crippen LogP contribution in [0.4, 0.5) is 5.69 Å². The van der Waals surface area contributed by atoms with Gasteiger partial charge in [0.15, 0.2) is 0 Å². The van der Waals surface area contributed by atoms with Crippen LogP contribution >= 0.6 is 0 Å². The number of anilines is 1. The summed E-state index contributed by atoms with van der Waals surface area (Å²) in [6, 6.07) is 6.76. The molecule has 7 nitrogen and oxygen atoms in total. The number of fused-ring (bicyclic) bond motifs is 1. The largest absolute Gasteiger partial charge is 0.342 e. The summed E-state index contributed by atoms with van der Waals surface area (Å²) in [6.45, 7) is 6.16. The quantitative estimate of drug-likeness (QED) is 0.864. The lowest BCUT2D eigenvalue weighted by Crippen LogP contribution is -2.33. The lowest BCUT2D eigenvalue weighted by molar-refractivity contribution is -0.113. The zero-order valence-electron chi connectivity index (χ0n) is 14.4. The first-order valence-electron chi connectivity index (χ1n) is 8.22. The van der Waals surface area contributed by atoms with Crippen molar-refractivity contribution in [2.24, 2.45) is 0 Å². The number of likely N-dealkylation sites (N-methyl/N-ethyl adjacent to an activating group) is 1. The number of carbonyl (C=O) groups excluding carboxylic acids is 2. The van der Waals surface area contributed by atoms with Gasteiger partial charge in [-0.2, -0.15) is 5.10 Å². The average Bonchev–Trinajstić information content (AvgIpc) is 3.01. The lowest BCUT2D eigenvalue weighted by Gasteiger charge is -2.23. The second kappa shape index (κ2) is 6.88. The molecule has 1 aliphatic heterocycles. The number of hydrogen-bond donors (Lipinski definition) is 1. The van der Waals surface area contributed by atoms with Crippen LogP contribution in [0, 0.1) is 6.92 Å². The van der Waals surface area contributed by atoms with Gasteiger partial charge in [-0.1, -0.05) is 6.58 Å². The van der Waals surface area contributed by atoms with Crippen LogP contribution in [0.5, 0.6) is 0 Å². The number of nitrogens with zero attached hydrogens (tertiary/aromatic N) is 4. The van der Waals surface area contributed by atoms with E-state index >= 15 is 0 Å². The Balaban J connectivity index is 1.72. The Morgan fingerprint density at radius 3 is 2.76 bits per heavy atom. The molecule has 1 unspecified atom stereocenters. The molecule has 0 aliphatic carbocycles. The maximum Gasteiger partial charge on any atom is 0.251 e. The van der Waals surface area contributed by atoms with Crippen LogP contribution < -0.4 is 10.2 Å². The summed E-state index contributed by atoms with van der Waals surface area (Å²) < 4.78 is 1.86. The van der Waals surface area contributed by atoms with Crippen molar-refractivity contribution in [3.8, 4) is 0 Å². The molecule has 0 saturated heterocycles. The maximum atomic E-state index is 12.5. The molecule has 0 spiro atoms. The summed E-state index contributed by atoms with van der Waals surface area (Å²) in [7, 11) is 1.66. The number of aromatic nitrogens is 3. The van der Waals surface area contributed by atoms with Crippen LogP contribution in [0.1, 0.15) is 40.9 Å². The van der Waals surface area contributed by atoms with E-state index in [2.05, 4.69) is 22.0 Å². The van der Waals surface area contributed by atoms with Crippen molar-refractivity contribution in [3.63, 3.8) is 0 Å². The van der Waals surface area contributed by atoms with Crippen LogP contribution in [0.2, 0.25) is 0 Å². The van der Waals surface area contributed by atoms with Crippen molar-refractivity contribution in [1.82, 2.24) is 20.1 Å². The van der Waals surface area contributed by atoms with Gasteiger partial charge in [0.05, 0.1) is 6.04 Å². The number of hydrogen-bond acceptors (Lipinski definition) is 4. The van der Waals surface area contributed by atoms with Crippen LogP contribution in [0.25, 0.3) is 0 Å². The molecule has 1 aromatic carbocycles. The first-order valence-corrected chi connectivity index (χ1v) is 8.22. The Morgan fingerprint density at radius 2 is 2.08 bits per heavy atom. The fraction of sp³-hybridized carbons (Fsp3) is 0.333. The molecule has 1 atom stereocenters. The van der Waals surface area contributed by atoms with Gasteiger partial charge < -0.3 is 10.2 Å². The van der Waals surface area contributed by atoms with Crippen LogP contribution in [-0.4, -0.2) is 33.6 Å². The number of carbonyl (C=O) groups is 2. The summed E-state index contributed by atoms with van der Waals surface area (Å²) in [5, 5.41) is 7.37. The highest BCUT2D eigenvalue weighted by molar-refractivity contribution is 6.01. The summed E-state index contributed by atoms with van der Waals surface area (Å²) in [6.07, 6.45) is 3.05. The molecule has 0 fully saturated rings. The molecule has 1 aromatic heterocycles. The van der Waals surface area contributed by atoms with Crippen LogP contribution in [0.3, 0.4) is 0 Å². The highest BCUT2D eigenvalue weighted by Crippen LogP contribution is 2.23. The van der Waals surface area contributed by atoms with Gasteiger partial charge in [-0.25, -0.2) is 9.67 Å². The van der Waals surface area contributed by atoms with Gasteiger partial charge in [-0.05, 0) is 50.1 Å². The Labute approximate surface area is 146 Å². The van der Waals surface area contributed by atoms with E-state index in [1.54, 1.807) is 31.3 Å². The summed E-state index contributed by atoms with van der Waals surface area (Å²) >= 11 is 0. The van der Waals surface area contributed by atoms with E-state index in [9.17, 15) is 9.59 Å². The lowest BCUT2D eigenvalue weighted by atomic mass is 10.1. The number of aryl methyl sites for hydroxylation is 2. The molecule has 25 heavy (non-hydrogen) atoms. The molecular weight excluding hydrogens is 318 g/mol. The fourth-order valence-corrected chi connectivity index (χ4v) is 2.95. The molecule has 0 saturated carbocycles. The van der Waals surface area contributed by atoms with Crippen molar-refractivity contribution in [2.45, 2.75) is 32.4 Å². The first kappa shape index (κ1) is 16.9. The monoisotopic (exact) mass is 339 g/mol. The fourth-order valence-electron chi connectivity index (χ4n) is 2.95. The van der Waals surface area contributed by atoms with E-state index in [0.29, 0.717) is 11.3 Å². The number of benzene rings is 1. The topological polar surface area (TPSA) is 80.1 Å². The molecule has 2 aromatic rings. The standard InChI is InChI=1S/C18H21N5O2/c1-4-16(24)22(3)14-9-7-13(8-10-14)18(25)20-15-6-5-11-23-17(15)19-12(2)21-23/h4,7-10,15H,1,5-6,11H2,2-3H3,(H,20,25). The molecule has 3 rings (SSSR count). The Hall–Kier alpha value is -2.96. The number of rotatable bonds is 4. The first-order chi connectivity index (χ1) is 12.0. The summed E-state index contributed by atoms with van der Waals surface area (Å²) in [4.78, 5) is 30.1. The van der Waals surface area contributed by atoms with Gasteiger partial charge in [0, 0.05) is 24.8 Å². The predicted molar refractivity (Wildman–Crippen MR) is 94.2 cm³/mol. The molecule has 2 amide bonds. The average molecular weight is 339 g/mol. The van der Waals surface area contributed by atoms with E-state index < -0.39 is 0 Å². The Kier molecular flexibility index (Phi) is 4.65. The van der Waals surface area contributed by atoms with E-state index in [4.69, 9.17) is 0 Å². The third-order valence-corrected chi connectivity index (χ3v) is 4.31. The molecular formula is C18H21N5O2. The Morgan fingerprint density at radius 1 is 1.36 bits per heavy atom. The molecule has 7 heteroatoms. The van der Waals surface area contributed by atoms with E-state index in [0.717, 1.165) is 31.0 Å². The minimum atomic E-state index is -0.200. The number of amides is 2. The molecule has 2 heterocycles. The second-order valence-corrected chi connectivity index (χ2v) is 6.06. The molecule has 130 valence electrons. The highest BCUT2D eigenvalue weighted by Gasteiger charge is 2.25. The SMILES string of the molecule is C=CC(=O)N(C)c1ccc(C(=O)NC2CCCn3nc(C)nc32)cc1. The van der Waals surface area contributed by atoms with Crippen molar-refractivity contribution in [2.75, 3.05) is 11.9 Å². The minimum Gasteiger partial charge on any atom is -0.342 e. The normalized spacial score (nSPS) is 16.0. The smallest absolute Gasteiger partial charge is 0.251 e. The Bertz CT molecular complexity index is 809. The van der Waals surface area contributed by atoms with Gasteiger partial charge >= 0.3 is 0 Å². The van der Waals surface area contributed by atoms with Gasteiger partial charge in [-0.3, -0.25) is 9.59 Å². The van der Waals surface area contributed by atoms with Crippen molar-refractivity contribution in [3.05, 3.63) is 54.1 Å². The summed E-state index contributed by atoms with van der Waals surface area (Å²) in [5.74, 6) is 1.16. The minimum absolute atomic E-state index is 0.132. The third-order valence-electron chi connectivity index (χ3n) is 4.31. The maximum absolute atomic E-state index is 12.5. The highest BCUT2D eigenvalue weighted by atomic mass is 16.2. The zero-order valence-corrected chi connectivity index (χ0v) is 14.4.